The highest BCUT2D eigenvalue weighted by Gasteiger charge is 2.43. The molecule has 2 aliphatic rings. The summed E-state index contributed by atoms with van der Waals surface area (Å²) in [5, 5.41) is 3.42. The van der Waals surface area contributed by atoms with Crippen molar-refractivity contribution in [1.29, 1.82) is 0 Å². The van der Waals surface area contributed by atoms with E-state index in [1.165, 1.54) is 12.1 Å². The van der Waals surface area contributed by atoms with Crippen molar-refractivity contribution in [3.63, 3.8) is 0 Å². The number of carbonyl (C=O) groups is 2. The molecule has 0 aliphatic carbocycles. The van der Waals surface area contributed by atoms with Crippen LogP contribution in [-0.2, 0) is 14.3 Å². The number of esters is 1. The van der Waals surface area contributed by atoms with Crippen LogP contribution in [0.4, 0.5) is 0 Å². The highest BCUT2D eigenvalue weighted by Crippen LogP contribution is 2.24. The van der Waals surface area contributed by atoms with Gasteiger partial charge in [0.2, 0.25) is 0 Å². The summed E-state index contributed by atoms with van der Waals surface area (Å²) < 4.78 is 4.71. The van der Waals surface area contributed by atoms with E-state index in [9.17, 15) is 9.59 Å². The quantitative estimate of drug-likeness (QED) is 0.587. The Morgan fingerprint density at radius 2 is 2.19 bits per heavy atom. The van der Waals surface area contributed by atoms with Gasteiger partial charge in [0.1, 0.15) is 6.04 Å². The molecule has 6 heteroatoms. The average Bonchev–Trinajstić information content (AvgIpc) is 2.65. The molecule has 0 radical (unpaired) electrons. The SMILES string of the molecule is COC(=O)C1CCN2CCCC(N)C(=O)N12. The van der Waals surface area contributed by atoms with Gasteiger partial charge in [0.25, 0.3) is 5.91 Å². The number of hydrogen-bond acceptors (Lipinski definition) is 5. The molecule has 2 aliphatic heterocycles. The summed E-state index contributed by atoms with van der Waals surface area (Å²) in [4.78, 5) is 23.6. The van der Waals surface area contributed by atoms with Crippen LogP contribution in [0.5, 0.6) is 0 Å². The predicted molar refractivity (Wildman–Crippen MR) is 56.0 cm³/mol. The Hall–Kier alpha value is -1.14. The number of rotatable bonds is 1. The van der Waals surface area contributed by atoms with E-state index in [1.54, 1.807) is 0 Å². The molecular formula is C10H17N3O3. The van der Waals surface area contributed by atoms with Gasteiger partial charge in [-0.1, -0.05) is 0 Å². The average molecular weight is 227 g/mol. The molecular weight excluding hydrogens is 210 g/mol. The molecule has 2 fully saturated rings. The van der Waals surface area contributed by atoms with Gasteiger partial charge in [-0.2, -0.15) is 0 Å². The molecule has 16 heavy (non-hydrogen) atoms. The molecule has 2 saturated heterocycles. The maximum absolute atomic E-state index is 12.0. The van der Waals surface area contributed by atoms with Gasteiger partial charge in [-0.3, -0.25) is 9.80 Å². The Kier molecular flexibility index (Phi) is 3.11. The summed E-state index contributed by atoms with van der Waals surface area (Å²) in [7, 11) is 1.34. The van der Waals surface area contributed by atoms with Crippen molar-refractivity contribution >= 4 is 11.9 Å². The topological polar surface area (TPSA) is 75.9 Å². The fourth-order valence-electron chi connectivity index (χ4n) is 2.35. The molecule has 0 bridgehead atoms. The van der Waals surface area contributed by atoms with E-state index < -0.39 is 12.1 Å². The van der Waals surface area contributed by atoms with E-state index in [2.05, 4.69) is 0 Å². The first-order valence-electron chi connectivity index (χ1n) is 5.56. The molecule has 2 N–H and O–H groups in total. The van der Waals surface area contributed by atoms with Crippen LogP contribution in [0.2, 0.25) is 0 Å². The van der Waals surface area contributed by atoms with Gasteiger partial charge in [0.05, 0.1) is 13.2 Å². The van der Waals surface area contributed by atoms with E-state index in [0.717, 1.165) is 19.5 Å². The minimum Gasteiger partial charge on any atom is -0.467 e. The maximum Gasteiger partial charge on any atom is 0.330 e. The van der Waals surface area contributed by atoms with E-state index in [1.807, 2.05) is 5.01 Å². The first kappa shape index (κ1) is 11.3. The second-order valence-corrected chi connectivity index (χ2v) is 4.21. The van der Waals surface area contributed by atoms with Gasteiger partial charge >= 0.3 is 5.97 Å². The maximum atomic E-state index is 12.0. The lowest BCUT2D eigenvalue weighted by Gasteiger charge is -2.29. The number of fused-ring (bicyclic) bond motifs is 1. The standard InChI is InChI=1S/C10H17N3O3/c1-16-10(15)8-4-6-12-5-2-3-7(11)9(14)13(8)12/h7-8H,2-6,11H2,1H3. The third-order valence-electron chi connectivity index (χ3n) is 3.21. The lowest BCUT2D eigenvalue weighted by molar-refractivity contribution is -0.161. The molecule has 2 unspecified atom stereocenters. The van der Waals surface area contributed by atoms with Crippen LogP contribution in [0, 0.1) is 0 Å². The van der Waals surface area contributed by atoms with Crippen molar-refractivity contribution in [3.8, 4) is 0 Å². The lowest BCUT2D eigenvalue weighted by Crippen LogP contribution is -2.52. The fraction of sp³-hybridized carbons (Fsp3) is 0.800. The third-order valence-corrected chi connectivity index (χ3v) is 3.21. The van der Waals surface area contributed by atoms with E-state index in [0.29, 0.717) is 12.8 Å². The normalized spacial score (nSPS) is 31.1. The first-order valence-corrected chi connectivity index (χ1v) is 5.56. The Labute approximate surface area is 94.3 Å². The largest absolute Gasteiger partial charge is 0.467 e. The smallest absolute Gasteiger partial charge is 0.330 e. The van der Waals surface area contributed by atoms with Gasteiger partial charge in [0, 0.05) is 13.1 Å². The summed E-state index contributed by atoms with van der Waals surface area (Å²) in [6.45, 7) is 1.51. The van der Waals surface area contributed by atoms with Crippen LogP contribution in [0.1, 0.15) is 19.3 Å². The molecule has 6 nitrogen and oxygen atoms in total. The zero-order valence-corrected chi connectivity index (χ0v) is 9.39. The summed E-state index contributed by atoms with van der Waals surface area (Å²) in [5.74, 6) is -0.518. The van der Waals surface area contributed by atoms with Crippen LogP contribution in [0.3, 0.4) is 0 Å². The second-order valence-electron chi connectivity index (χ2n) is 4.21. The molecule has 0 spiro atoms. The van der Waals surface area contributed by atoms with Crippen LogP contribution in [0.15, 0.2) is 0 Å². The van der Waals surface area contributed by atoms with Crippen LogP contribution in [-0.4, -0.2) is 54.2 Å². The monoisotopic (exact) mass is 227 g/mol. The van der Waals surface area contributed by atoms with Crippen molar-refractivity contribution in [2.75, 3.05) is 20.2 Å². The molecule has 0 aromatic carbocycles. The van der Waals surface area contributed by atoms with E-state index >= 15 is 0 Å². The molecule has 2 heterocycles. The molecule has 2 rings (SSSR count). The minimum absolute atomic E-state index is 0.162. The Morgan fingerprint density at radius 1 is 1.44 bits per heavy atom. The number of ether oxygens (including phenoxy) is 1. The van der Waals surface area contributed by atoms with Crippen LogP contribution in [0.25, 0.3) is 0 Å². The second kappa shape index (κ2) is 4.39. The molecule has 0 aromatic heterocycles. The highest BCUT2D eigenvalue weighted by molar-refractivity contribution is 5.87. The third kappa shape index (κ3) is 1.78. The molecule has 0 saturated carbocycles. The highest BCUT2D eigenvalue weighted by atomic mass is 16.5. The summed E-state index contributed by atoms with van der Waals surface area (Å²) in [6.07, 6.45) is 2.20. The van der Waals surface area contributed by atoms with Gasteiger partial charge < -0.3 is 10.5 Å². The Balaban J connectivity index is 2.20. The fourth-order valence-corrected chi connectivity index (χ4v) is 2.35. The summed E-state index contributed by atoms with van der Waals surface area (Å²) in [5.41, 5.74) is 5.77. The minimum atomic E-state index is -0.491. The molecule has 2 atom stereocenters. The first-order chi connectivity index (χ1) is 7.65. The number of amides is 1. The van der Waals surface area contributed by atoms with Gasteiger partial charge in [-0.05, 0) is 19.3 Å². The predicted octanol–water partition coefficient (Wildman–Crippen LogP) is -0.902. The summed E-state index contributed by atoms with van der Waals surface area (Å²) >= 11 is 0. The Morgan fingerprint density at radius 3 is 2.88 bits per heavy atom. The van der Waals surface area contributed by atoms with Crippen molar-refractivity contribution in [2.24, 2.45) is 5.73 Å². The number of methoxy groups -OCH3 is 1. The van der Waals surface area contributed by atoms with Crippen LogP contribution >= 0.6 is 0 Å². The number of nitrogens with two attached hydrogens (primary N) is 1. The van der Waals surface area contributed by atoms with Crippen molar-refractivity contribution in [2.45, 2.75) is 31.3 Å². The Bertz CT molecular complexity index is 308. The lowest BCUT2D eigenvalue weighted by atomic mass is 10.1. The van der Waals surface area contributed by atoms with Crippen molar-refractivity contribution in [3.05, 3.63) is 0 Å². The van der Waals surface area contributed by atoms with Crippen molar-refractivity contribution in [1.82, 2.24) is 10.0 Å². The van der Waals surface area contributed by atoms with E-state index in [-0.39, 0.29) is 11.9 Å². The van der Waals surface area contributed by atoms with E-state index in [4.69, 9.17) is 10.5 Å². The molecule has 1 amide bonds. The zero-order valence-electron chi connectivity index (χ0n) is 9.39. The number of carbonyl (C=O) groups excluding carboxylic acids is 2. The zero-order chi connectivity index (χ0) is 11.7. The molecule has 0 aromatic rings. The number of nitrogens with zero attached hydrogens (tertiary/aromatic N) is 2. The summed E-state index contributed by atoms with van der Waals surface area (Å²) in [6, 6.07) is -0.975. The number of hydrogen-bond donors (Lipinski definition) is 1. The van der Waals surface area contributed by atoms with Gasteiger partial charge in [-0.15, -0.1) is 0 Å². The number of hydrazine groups is 1. The van der Waals surface area contributed by atoms with Gasteiger partial charge in [-0.25, -0.2) is 9.80 Å². The van der Waals surface area contributed by atoms with Crippen molar-refractivity contribution < 1.29 is 14.3 Å². The van der Waals surface area contributed by atoms with Crippen LogP contribution < -0.4 is 5.73 Å². The van der Waals surface area contributed by atoms with Gasteiger partial charge in [0.15, 0.2) is 0 Å². The molecule has 90 valence electrons.